The number of aromatic nitrogens is 3. The predicted octanol–water partition coefficient (Wildman–Crippen LogP) is 3.39. The van der Waals surface area contributed by atoms with Gasteiger partial charge < -0.3 is 10.2 Å². The second-order valence-electron chi connectivity index (χ2n) is 8.70. The smallest absolute Gasteiger partial charge is 0.322 e. The number of nitro groups is 1. The average Bonchev–Trinajstić information content (AvgIpc) is 3.45. The maximum atomic E-state index is 13.1. The molecule has 3 aromatic rings. The Hall–Kier alpha value is -3.60. The molecule has 0 saturated carbocycles. The summed E-state index contributed by atoms with van der Waals surface area (Å²) in [6.07, 6.45) is 2.00. The number of likely N-dealkylation sites (tertiary alicyclic amines) is 1. The van der Waals surface area contributed by atoms with Crippen molar-refractivity contribution in [2.45, 2.75) is 39.0 Å². The van der Waals surface area contributed by atoms with Gasteiger partial charge in [-0.05, 0) is 56.7 Å². The molecule has 4 heterocycles. The minimum atomic E-state index is -0.553. The maximum absolute atomic E-state index is 13.1. The Morgan fingerprint density at radius 1 is 1.23 bits per heavy atom. The molecule has 0 spiro atoms. The molecule has 11 heteroatoms. The zero-order chi connectivity index (χ0) is 25.1. The number of amides is 2. The van der Waals surface area contributed by atoms with E-state index in [-0.39, 0.29) is 28.9 Å². The molecule has 0 bridgehead atoms. The molecule has 0 unspecified atom stereocenters. The van der Waals surface area contributed by atoms with Crippen LogP contribution >= 0.6 is 11.3 Å². The van der Waals surface area contributed by atoms with Crippen molar-refractivity contribution in [3.05, 3.63) is 73.0 Å². The Morgan fingerprint density at radius 3 is 2.63 bits per heavy atom. The molecule has 10 nitrogen and oxygen atoms in total. The van der Waals surface area contributed by atoms with Crippen molar-refractivity contribution in [3.63, 3.8) is 0 Å². The van der Waals surface area contributed by atoms with E-state index in [4.69, 9.17) is 4.98 Å². The molecule has 184 valence electrons. The van der Waals surface area contributed by atoms with E-state index in [1.165, 1.54) is 16.5 Å². The minimum Gasteiger partial charge on any atom is -0.352 e. The van der Waals surface area contributed by atoms with Gasteiger partial charge in [-0.25, -0.2) is 0 Å². The molecule has 1 aliphatic heterocycles. The standard InChI is InChI=1S/C24H28N6O4S/c1-15-6-7-19(23(31)25-11-8-18-5-4-14-35-18)20(26-15)17-9-12-29(13-10-17)24(32)22-21(30(33)34)16(2)27-28(22)3/h4-7,14,17H,8-13H2,1-3H3,(H,25,31). The van der Waals surface area contributed by atoms with Gasteiger partial charge in [-0.2, -0.15) is 5.10 Å². The Morgan fingerprint density at radius 2 is 1.97 bits per heavy atom. The molecule has 2 amide bonds. The van der Waals surface area contributed by atoms with Gasteiger partial charge in [-0.1, -0.05) is 6.07 Å². The largest absolute Gasteiger partial charge is 0.352 e. The Kier molecular flexibility index (Phi) is 7.25. The van der Waals surface area contributed by atoms with Crippen LogP contribution in [0, 0.1) is 24.0 Å². The summed E-state index contributed by atoms with van der Waals surface area (Å²) < 4.78 is 1.28. The summed E-state index contributed by atoms with van der Waals surface area (Å²) in [5.41, 5.74) is 2.09. The van der Waals surface area contributed by atoms with Crippen molar-refractivity contribution in [2.75, 3.05) is 19.6 Å². The Balaban J connectivity index is 1.45. The highest BCUT2D eigenvalue weighted by atomic mass is 32.1. The van der Waals surface area contributed by atoms with Gasteiger partial charge in [0.25, 0.3) is 11.8 Å². The summed E-state index contributed by atoms with van der Waals surface area (Å²) >= 11 is 1.67. The first kappa shape index (κ1) is 24.5. The monoisotopic (exact) mass is 496 g/mol. The second-order valence-corrected chi connectivity index (χ2v) is 9.73. The lowest BCUT2D eigenvalue weighted by Gasteiger charge is -2.32. The molecule has 0 aromatic carbocycles. The van der Waals surface area contributed by atoms with Crippen LogP contribution in [0.25, 0.3) is 0 Å². The quantitative estimate of drug-likeness (QED) is 0.395. The number of thiophene rings is 1. The number of rotatable bonds is 7. The van der Waals surface area contributed by atoms with E-state index >= 15 is 0 Å². The first-order valence-electron chi connectivity index (χ1n) is 11.5. The number of piperidine rings is 1. The molecule has 1 saturated heterocycles. The topological polar surface area (TPSA) is 123 Å². The SMILES string of the molecule is Cc1ccc(C(=O)NCCc2cccs2)c(C2CCN(C(=O)c3c([N+](=O)[O-])c(C)nn3C)CC2)n1. The molecular weight excluding hydrogens is 468 g/mol. The van der Waals surface area contributed by atoms with E-state index in [9.17, 15) is 19.7 Å². The van der Waals surface area contributed by atoms with E-state index in [2.05, 4.69) is 10.4 Å². The van der Waals surface area contributed by atoms with Crippen LogP contribution in [0.1, 0.15) is 61.6 Å². The van der Waals surface area contributed by atoms with Gasteiger partial charge in [0.1, 0.15) is 5.69 Å². The first-order valence-corrected chi connectivity index (χ1v) is 12.4. The van der Waals surface area contributed by atoms with Gasteiger partial charge in [0.05, 0.1) is 16.2 Å². The van der Waals surface area contributed by atoms with E-state index in [0.717, 1.165) is 17.8 Å². The fourth-order valence-electron chi connectivity index (χ4n) is 4.54. The number of pyridine rings is 1. The number of hydrogen-bond acceptors (Lipinski definition) is 7. The third kappa shape index (κ3) is 5.24. The van der Waals surface area contributed by atoms with Gasteiger partial charge in [-0.3, -0.25) is 29.4 Å². The summed E-state index contributed by atoms with van der Waals surface area (Å²) in [6.45, 7) is 4.80. The van der Waals surface area contributed by atoms with Crippen molar-refractivity contribution >= 4 is 28.8 Å². The molecule has 1 N–H and O–H groups in total. The van der Waals surface area contributed by atoms with Crippen LogP contribution < -0.4 is 5.32 Å². The first-order chi connectivity index (χ1) is 16.8. The van der Waals surface area contributed by atoms with Gasteiger partial charge in [0.15, 0.2) is 0 Å². The van der Waals surface area contributed by atoms with Gasteiger partial charge >= 0.3 is 5.69 Å². The van der Waals surface area contributed by atoms with E-state index < -0.39 is 10.8 Å². The molecule has 0 radical (unpaired) electrons. The zero-order valence-electron chi connectivity index (χ0n) is 20.0. The molecule has 0 aliphatic carbocycles. The number of carbonyl (C=O) groups is 2. The summed E-state index contributed by atoms with van der Waals surface area (Å²) in [4.78, 5) is 44.6. The van der Waals surface area contributed by atoms with Crippen LogP contribution in [0.2, 0.25) is 0 Å². The van der Waals surface area contributed by atoms with E-state index in [1.54, 1.807) is 23.3 Å². The lowest BCUT2D eigenvalue weighted by molar-refractivity contribution is -0.385. The third-order valence-corrected chi connectivity index (χ3v) is 7.23. The highest BCUT2D eigenvalue weighted by Crippen LogP contribution is 2.31. The van der Waals surface area contributed by atoms with Crippen molar-refractivity contribution in [2.24, 2.45) is 7.05 Å². The Bertz CT molecular complexity index is 1250. The number of aryl methyl sites for hydroxylation is 3. The van der Waals surface area contributed by atoms with Gasteiger partial charge in [-0.15, -0.1) is 11.3 Å². The van der Waals surface area contributed by atoms with Crippen molar-refractivity contribution < 1.29 is 14.5 Å². The summed E-state index contributed by atoms with van der Waals surface area (Å²) in [5.74, 6) is -0.536. The zero-order valence-corrected chi connectivity index (χ0v) is 20.8. The summed E-state index contributed by atoms with van der Waals surface area (Å²) in [6, 6.07) is 7.69. The normalized spacial score (nSPS) is 14.2. The second kappa shape index (κ2) is 10.3. The molecule has 1 aliphatic rings. The molecular formula is C24H28N6O4S. The molecule has 1 fully saturated rings. The van der Waals surface area contributed by atoms with E-state index in [1.807, 2.05) is 36.6 Å². The van der Waals surface area contributed by atoms with Crippen LogP contribution in [0.3, 0.4) is 0 Å². The highest BCUT2D eigenvalue weighted by molar-refractivity contribution is 7.09. The number of nitrogens with one attached hydrogen (secondary N) is 1. The lowest BCUT2D eigenvalue weighted by atomic mass is 9.89. The van der Waals surface area contributed by atoms with Crippen molar-refractivity contribution in [3.8, 4) is 0 Å². The van der Waals surface area contributed by atoms with Crippen LogP contribution in [0.15, 0.2) is 29.6 Å². The van der Waals surface area contributed by atoms with Gasteiger partial charge in [0, 0.05) is 43.2 Å². The fraction of sp³-hybridized carbons (Fsp3) is 0.417. The molecule has 3 aromatic heterocycles. The average molecular weight is 497 g/mol. The van der Waals surface area contributed by atoms with Crippen LogP contribution in [0.4, 0.5) is 5.69 Å². The third-order valence-electron chi connectivity index (χ3n) is 6.29. The van der Waals surface area contributed by atoms with Crippen molar-refractivity contribution in [1.82, 2.24) is 25.0 Å². The number of carbonyl (C=O) groups excluding carboxylic acids is 2. The maximum Gasteiger partial charge on any atom is 0.322 e. The number of nitrogens with zero attached hydrogens (tertiary/aromatic N) is 5. The molecule has 35 heavy (non-hydrogen) atoms. The van der Waals surface area contributed by atoms with E-state index in [0.29, 0.717) is 38.0 Å². The lowest BCUT2D eigenvalue weighted by Crippen LogP contribution is -2.39. The molecule has 4 rings (SSSR count). The van der Waals surface area contributed by atoms with Crippen LogP contribution in [0.5, 0.6) is 0 Å². The number of hydrogen-bond donors (Lipinski definition) is 1. The van der Waals surface area contributed by atoms with Crippen molar-refractivity contribution in [1.29, 1.82) is 0 Å². The molecule has 0 atom stereocenters. The summed E-state index contributed by atoms with van der Waals surface area (Å²) in [7, 11) is 1.54. The minimum absolute atomic E-state index is 0.00885. The highest BCUT2D eigenvalue weighted by Gasteiger charge is 2.35. The Labute approximate surface area is 207 Å². The predicted molar refractivity (Wildman–Crippen MR) is 132 cm³/mol. The van der Waals surface area contributed by atoms with Crippen LogP contribution in [-0.2, 0) is 13.5 Å². The summed E-state index contributed by atoms with van der Waals surface area (Å²) in [5, 5.41) is 20.6. The fourth-order valence-corrected chi connectivity index (χ4v) is 5.25. The van der Waals surface area contributed by atoms with Gasteiger partial charge in [0.2, 0.25) is 5.69 Å². The van der Waals surface area contributed by atoms with Crippen LogP contribution in [-0.4, -0.2) is 56.0 Å².